The van der Waals surface area contributed by atoms with Gasteiger partial charge in [0, 0.05) is 51.0 Å². The van der Waals surface area contributed by atoms with Gasteiger partial charge in [-0.2, -0.15) is 12.6 Å². The minimum absolute atomic E-state index is 0.241. The molecule has 0 spiro atoms. The maximum absolute atomic E-state index is 10.8. The predicted molar refractivity (Wildman–Crippen MR) is 142 cm³/mol. The topological polar surface area (TPSA) is 129 Å². The van der Waals surface area contributed by atoms with Crippen molar-refractivity contribution in [2.75, 3.05) is 67.6 Å². The smallest absolute Gasteiger partial charge is 0.325 e. The van der Waals surface area contributed by atoms with Gasteiger partial charge in [0.25, 0.3) is 23.6 Å². The van der Waals surface area contributed by atoms with Crippen LogP contribution in [0.4, 0.5) is 0 Å². The van der Waals surface area contributed by atoms with E-state index in [1.165, 1.54) is 32.7 Å². The van der Waals surface area contributed by atoms with E-state index >= 15 is 0 Å². The van der Waals surface area contributed by atoms with E-state index in [0.717, 1.165) is 48.4 Å². The van der Waals surface area contributed by atoms with E-state index in [4.69, 9.17) is 14.2 Å². The van der Waals surface area contributed by atoms with E-state index in [-0.39, 0.29) is 18.4 Å². The number of ether oxygens (including phenoxy) is 4. The lowest BCUT2D eigenvalue weighted by Crippen LogP contribution is -2.45. The van der Waals surface area contributed by atoms with E-state index < -0.39 is 17.8 Å². The number of methoxy groups -OCH3 is 3. The van der Waals surface area contributed by atoms with E-state index in [0.29, 0.717) is 5.41 Å². The van der Waals surface area contributed by atoms with Crippen molar-refractivity contribution >= 4 is 42.2 Å². The van der Waals surface area contributed by atoms with E-state index in [9.17, 15) is 24.0 Å². The second kappa shape index (κ2) is 21.3. The number of hydrogen-bond donors (Lipinski definition) is 1. The molecule has 0 aromatic heterocycles. The van der Waals surface area contributed by atoms with Crippen LogP contribution < -0.4 is 0 Å². The van der Waals surface area contributed by atoms with Gasteiger partial charge in [-0.3, -0.25) is 33.8 Å². The normalized spacial score (nSPS) is 16.5. The molecule has 0 aromatic rings. The molecule has 0 saturated carbocycles. The molecular weight excluding hydrogens is 504 g/mol. The molecule has 210 valence electrons. The lowest BCUT2D eigenvalue weighted by atomic mass is 9.84. The van der Waals surface area contributed by atoms with E-state index in [2.05, 4.69) is 24.3 Å². The zero-order chi connectivity index (χ0) is 28.9. The Balaban J connectivity index is 0. The highest BCUT2D eigenvalue weighted by molar-refractivity contribution is 7.79. The van der Waals surface area contributed by atoms with Crippen molar-refractivity contribution in [3.8, 4) is 0 Å². The molecule has 0 unspecified atom stereocenters. The Kier molecular flexibility index (Phi) is 20.9. The summed E-state index contributed by atoms with van der Waals surface area (Å²) >= 11 is 3.53. The van der Waals surface area contributed by atoms with Gasteiger partial charge in [-0.1, -0.05) is 19.1 Å². The van der Waals surface area contributed by atoms with Crippen LogP contribution in [0.2, 0.25) is 0 Å². The average molecular weight is 545 g/mol. The molecule has 0 radical (unpaired) electrons. The van der Waals surface area contributed by atoms with Crippen LogP contribution in [-0.2, 0) is 42.9 Å². The van der Waals surface area contributed by atoms with Crippen LogP contribution >= 0.6 is 12.6 Å². The first kappa shape index (κ1) is 36.4. The van der Waals surface area contributed by atoms with Crippen LogP contribution in [0.1, 0.15) is 20.3 Å². The number of carbonyl (C=O) groups excluding carboxylic acids is 5. The van der Waals surface area contributed by atoms with Crippen LogP contribution in [0.5, 0.6) is 0 Å². The molecular formula is C25H40N2O9S. The molecule has 3 aliphatic heterocycles. The Morgan fingerprint density at radius 2 is 1.46 bits per heavy atom. The van der Waals surface area contributed by atoms with Crippen molar-refractivity contribution in [1.29, 1.82) is 0 Å². The summed E-state index contributed by atoms with van der Waals surface area (Å²) in [6.07, 6.45) is 11.5. The van der Waals surface area contributed by atoms with Crippen molar-refractivity contribution in [1.82, 2.24) is 9.80 Å². The molecule has 1 saturated heterocycles. The second-order valence-corrected chi connectivity index (χ2v) is 7.54. The van der Waals surface area contributed by atoms with Gasteiger partial charge < -0.3 is 18.9 Å². The van der Waals surface area contributed by atoms with Crippen molar-refractivity contribution in [2.45, 2.75) is 20.3 Å². The maximum Gasteiger partial charge on any atom is 0.325 e. The van der Waals surface area contributed by atoms with Gasteiger partial charge in [0.05, 0.1) is 33.5 Å². The van der Waals surface area contributed by atoms with Crippen LogP contribution in [0.3, 0.4) is 0 Å². The number of esters is 1. The molecule has 4 amide bonds. The summed E-state index contributed by atoms with van der Waals surface area (Å²) < 4.78 is 19.2. The Labute approximate surface area is 224 Å². The zero-order valence-electron chi connectivity index (χ0n) is 22.7. The standard InChI is InChI=1S/C7H7NO4.C7H14O2.C5H5NO2.C5H10O.CH4S/c1-12-7(11)4-8-5(9)2-3-6(8)10;1-3-7(4-8-2)5-9-6-7;1-6-4(7)2-3-5(6)8;1-3-4-5-6-2;1-2/h2-3H,4H2,1H3;3-6H2,1-2H3;2-3H,1H3;3-4H,5H2,1-2H3;2H,1H3/b;;;4-3+;. The van der Waals surface area contributed by atoms with Gasteiger partial charge in [0.1, 0.15) is 6.54 Å². The fourth-order valence-corrected chi connectivity index (χ4v) is 2.53. The third-order valence-corrected chi connectivity index (χ3v) is 4.96. The van der Waals surface area contributed by atoms with Gasteiger partial charge in [-0.15, -0.1) is 0 Å². The van der Waals surface area contributed by atoms with Gasteiger partial charge in [0.2, 0.25) is 0 Å². The number of thiol groups is 1. The molecule has 37 heavy (non-hydrogen) atoms. The Hall–Kier alpha value is -2.80. The molecule has 11 nitrogen and oxygen atoms in total. The lowest BCUT2D eigenvalue weighted by molar-refractivity contribution is -0.149. The highest BCUT2D eigenvalue weighted by Crippen LogP contribution is 2.30. The monoisotopic (exact) mass is 544 g/mol. The number of rotatable bonds is 7. The summed E-state index contributed by atoms with van der Waals surface area (Å²) in [4.78, 5) is 55.0. The van der Waals surface area contributed by atoms with Crippen molar-refractivity contribution in [3.05, 3.63) is 36.5 Å². The molecule has 12 heteroatoms. The minimum atomic E-state index is -0.611. The molecule has 0 N–H and O–H groups in total. The number of hydrogen-bond acceptors (Lipinski definition) is 10. The molecule has 0 aromatic carbocycles. The first-order valence-electron chi connectivity index (χ1n) is 11.3. The number of allylic oxidation sites excluding steroid dienone is 1. The van der Waals surface area contributed by atoms with E-state index in [1.54, 1.807) is 20.5 Å². The molecule has 0 aliphatic carbocycles. The first-order valence-corrected chi connectivity index (χ1v) is 12.2. The minimum Gasteiger partial charge on any atom is -0.468 e. The maximum atomic E-state index is 10.8. The number of likely N-dealkylation sites (N-methyl/N-ethyl adjacent to an activating group) is 1. The molecule has 0 atom stereocenters. The number of carbonyl (C=O) groups is 5. The summed E-state index contributed by atoms with van der Waals surface area (Å²) in [5, 5.41) is 0. The summed E-state index contributed by atoms with van der Waals surface area (Å²) in [5.41, 5.74) is 0.370. The third-order valence-electron chi connectivity index (χ3n) is 4.96. The van der Waals surface area contributed by atoms with Gasteiger partial charge in [0.15, 0.2) is 0 Å². The Morgan fingerprint density at radius 1 is 0.973 bits per heavy atom. The Morgan fingerprint density at radius 3 is 1.68 bits per heavy atom. The Bertz CT molecular complexity index is 779. The second-order valence-electron chi connectivity index (χ2n) is 7.54. The van der Waals surface area contributed by atoms with Crippen molar-refractivity contribution in [3.63, 3.8) is 0 Å². The highest BCUT2D eigenvalue weighted by Gasteiger charge is 2.36. The fraction of sp³-hybridized carbons (Fsp3) is 0.560. The zero-order valence-corrected chi connectivity index (χ0v) is 23.6. The van der Waals surface area contributed by atoms with Crippen molar-refractivity contribution < 1.29 is 42.9 Å². The predicted octanol–water partition coefficient (Wildman–Crippen LogP) is 1.44. The molecule has 3 aliphatic rings. The fourth-order valence-electron chi connectivity index (χ4n) is 2.53. The highest BCUT2D eigenvalue weighted by atomic mass is 32.1. The summed E-state index contributed by atoms with van der Waals surface area (Å²) in [6, 6.07) is 0. The first-order chi connectivity index (χ1) is 17.6. The lowest BCUT2D eigenvalue weighted by Gasteiger charge is -2.39. The van der Waals surface area contributed by atoms with Gasteiger partial charge in [-0.05, 0) is 19.6 Å². The van der Waals surface area contributed by atoms with Crippen LogP contribution in [0.25, 0.3) is 0 Å². The quantitative estimate of drug-likeness (QED) is 0.219. The summed E-state index contributed by atoms with van der Waals surface area (Å²) in [6.45, 7) is 7.19. The van der Waals surface area contributed by atoms with Gasteiger partial charge >= 0.3 is 5.97 Å². The van der Waals surface area contributed by atoms with Crippen molar-refractivity contribution in [2.24, 2.45) is 5.41 Å². The number of nitrogens with zero attached hydrogens (tertiary/aromatic N) is 2. The SMILES string of the molecule is C/C=C/COC.CCC1(COC)COC1.CN1C(=O)C=CC1=O.COC(=O)CN1C(=O)C=CC1=O.CS. The average Bonchev–Trinajstić information content (AvgIpc) is 3.37. The van der Waals surface area contributed by atoms with E-state index in [1.807, 2.05) is 19.1 Å². The molecule has 3 rings (SSSR count). The van der Waals surface area contributed by atoms with Gasteiger partial charge in [-0.25, -0.2) is 0 Å². The number of amides is 4. The van der Waals surface area contributed by atoms with Crippen LogP contribution in [0, 0.1) is 5.41 Å². The molecule has 0 bridgehead atoms. The van der Waals surface area contributed by atoms with Crippen LogP contribution in [0.15, 0.2) is 36.5 Å². The summed E-state index contributed by atoms with van der Waals surface area (Å²) in [5.74, 6) is -2.05. The summed E-state index contributed by atoms with van der Waals surface area (Å²) in [7, 11) is 6.07. The largest absolute Gasteiger partial charge is 0.468 e. The number of imide groups is 2. The third kappa shape index (κ3) is 14.5. The molecule has 3 heterocycles. The molecule has 1 fully saturated rings. The van der Waals surface area contributed by atoms with Crippen LogP contribution in [-0.4, -0.2) is 107 Å².